The lowest BCUT2D eigenvalue weighted by Crippen LogP contribution is -2.22. The highest BCUT2D eigenvalue weighted by atomic mass is 16.5. The first-order valence-electron chi connectivity index (χ1n) is 8.58. The van der Waals surface area contributed by atoms with Crippen LogP contribution in [0, 0.1) is 0 Å². The van der Waals surface area contributed by atoms with Crippen LogP contribution in [0.4, 0.5) is 0 Å². The van der Waals surface area contributed by atoms with Gasteiger partial charge < -0.3 is 14.5 Å². The van der Waals surface area contributed by atoms with E-state index in [2.05, 4.69) is 22.4 Å². The van der Waals surface area contributed by atoms with Crippen LogP contribution in [0.25, 0.3) is 21.9 Å². The molecule has 0 aliphatic rings. The number of hydrogen-bond acceptors (Lipinski definition) is 4. The molecule has 5 heteroatoms. The van der Waals surface area contributed by atoms with Gasteiger partial charge in [-0.3, -0.25) is 9.78 Å². The molecular formula is C22H18N2O3. The molecule has 0 aliphatic heterocycles. The Morgan fingerprint density at radius 2 is 2.04 bits per heavy atom. The zero-order valence-electron chi connectivity index (χ0n) is 14.8. The Labute approximate surface area is 156 Å². The Morgan fingerprint density at radius 3 is 2.85 bits per heavy atom. The van der Waals surface area contributed by atoms with E-state index >= 15 is 0 Å². The van der Waals surface area contributed by atoms with Crippen LogP contribution in [-0.2, 0) is 6.54 Å². The van der Waals surface area contributed by atoms with Crippen molar-refractivity contribution < 1.29 is 13.9 Å². The van der Waals surface area contributed by atoms with Gasteiger partial charge in [0.25, 0.3) is 5.91 Å². The zero-order valence-corrected chi connectivity index (χ0v) is 14.8. The van der Waals surface area contributed by atoms with Crippen LogP contribution >= 0.6 is 0 Å². The number of methoxy groups -OCH3 is 1. The highest BCUT2D eigenvalue weighted by Crippen LogP contribution is 2.32. The van der Waals surface area contributed by atoms with Gasteiger partial charge in [0, 0.05) is 24.3 Å². The minimum absolute atomic E-state index is 0.242. The summed E-state index contributed by atoms with van der Waals surface area (Å²) in [5.74, 6) is 0.865. The minimum atomic E-state index is -0.242. The maximum absolute atomic E-state index is 12.1. The Bertz CT molecular complexity index is 1090. The first-order chi connectivity index (χ1) is 13.3. The number of nitrogens with one attached hydrogen (secondary N) is 1. The van der Waals surface area contributed by atoms with E-state index in [0.29, 0.717) is 12.3 Å². The number of carbonyl (C=O) groups excluding carboxylic acids is 1. The molecule has 1 N–H and O–H groups in total. The van der Waals surface area contributed by atoms with E-state index in [1.54, 1.807) is 25.4 Å². The summed E-state index contributed by atoms with van der Waals surface area (Å²) >= 11 is 0. The molecule has 0 fully saturated rings. The molecule has 2 aromatic carbocycles. The first kappa shape index (κ1) is 16.8. The summed E-state index contributed by atoms with van der Waals surface area (Å²) in [7, 11) is 1.66. The van der Waals surface area contributed by atoms with Crippen molar-refractivity contribution in [3.63, 3.8) is 0 Å². The monoisotopic (exact) mass is 358 g/mol. The van der Waals surface area contributed by atoms with Crippen LogP contribution in [0.15, 0.2) is 77.7 Å². The lowest BCUT2D eigenvalue weighted by molar-refractivity contribution is 0.0923. The number of furan rings is 1. The fourth-order valence-corrected chi connectivity index (χ4v) is 3.12. The number of pyridine rings is 1. The Balaban J connectivity index is 1.69. The standard InChI is InChI=1S/C22H18N2O3/c1-26-17-5-2-4-15(12-17)18-8-7-16(20-14-23-10-9-19(18)20)13-24-22(25)21-6-3-11-27-21/h2-12,14H,13H2,1H3,(H,24,25). The molecule has 0 saturated carbocycles. The molecule has 2 aromatic heterocycles. The van der Waals surface area contributed by atoms with E-state index in [-0.39, 0.29) is 5.91 Å². The first-order valence-corrected chi connectivity index (χ1v) is 8.58. The summed E-state index contributed by atoms with van der Waals surface area (Å²) in [5, 5.41) is 4.96. The molecule has 0 saturated heterocycles. The number of benzene rings is 2. The van der Waals surface area contributed by atoms with Crippen LogP contribution in [0.1, 0.15) is 16.1 Å². The summed E-state index contributed by atoms with van der Waals surface area (Å²) in [6.07, 6.45) is 5.09. The van der Waals surface area contributed by atoms with Gasteiger partial charge in [-0.05, 0) is 52.4 Å². The second-order valence-electron chi connectivity index (χ2n) is 6.09. The molecule has 2 heterocycles. The van der Waals surface area contributed by atoms with Crippen molar-refractivity contribution in [1.29, 1.82) is 0 Å². The van der Waals surface area contributed by atoms with Crippen molar-refractivity contribution in [2.45, 2.75) is 6.54 Å². The molecule has 0 radical (unpaired) electrons. The minimum Gasteiger partial charge on any atom is -0.497 e. The van der Waals surface area contributed by atoms with E-state index in [1.165, 1.54) is 6.26 Å². The molecule has 1 amide bonds. The van der Waals surface area contributed by atoms with E-state index in [9.17, 15) is 4.79 Å². The van der Waals surface area contributed by atoms with Crippen molar-refractivity contribution in [2.75, 3.05) is 7.11 Å². The number of hydrogen-bond donors (Lipinski definition) is 1. The van der Waals surface area contributed by atoms with Gasteiger partial charge in [-0.1, -0.05) is 24.3 Å². The number of carbonyl (C=O) groups is 1. The number of ether oxygens (including phenoxy) is 1. The van der Waals surface area contributed by atoms with Gasteiger partial charge in [0.05, 0.1) is 13.4 Å². The number of nitrogens with zero attached hydrogens (tertiary/aromatic N) is 1. The quantitative estimate of drug-likeness (QED) is 0.573. The van der Waals surface area contributed by atoms with E-state index in [0.717, 1.165) is 33.2 Å². The Kier molecular flexibility index (Phi) is 4.58. The van der Waals surface area contributed by atoms with Crippen molar-refractivity contribution >= 4 is 16.7 Å². The van der Waals surface area contributed by atoms with Gasteiger partial charge in [0.1, 0.15) is 5.75 Å². The highest BCUT2D eigenvalue weighted by molar-refractivity contribution is 5.98. The smallest absolute Gasteiger partial charge is 0.287 e. The number of fused-ring (bicyclic) bond motifs is 1. The average molecular weight is 358 g/mol. The maximum Gasteiger partial charge on any atom is 0.287 e. The molecule has 0 atom stereocenters. The van der Waals surface area contributed by atoms with Crippen molar-refractivity contribution in [2.24, 2.45) is 0 Å². The fourth-order valence-electron chi connectivity index (χ4n) is 3.12. The van der Waals surface area contributed by atoms with Gasteiger partial charge in [-0.25, -0.2) is 0 Å². The third kappa shape index (κ3) is 3.40. The zero-order chi connectivity index (χ0) is 18.6. The Morgan fingerprint density at radius 1 is 1.11 bits per heavy atom. The summed E-state index contributed by atoms with van der Waals surface area (Å²) < 4.78 is 10.5. The summed E-state index contributed by atoms with van der Waals surface area (Å²) in [6, 6.07) is 17.3. The van der Waals surface area contributed by atoms with Crippen LogP contribution in [0.2, 0.25) is 0 Å². The topological polar surface area (TPSA) is 64.4 Å². The third-order valence-electron chi connectivity index (χ3n) is 4.47. The van der Waals surface area contributed by atoms with Crippen molar-refractivity contribution in [3.8, 4) is 16.9 Å². The number of rotatable bonds is 5. The normalized spacial score (nSPS) is 10.7. The summed E-state index contributed by atoms with van der Waals surface area (Å²) in [5.41, 5.74) is 3.15. The molecule has 5 nitrogen and oxygen atoms in total. The average Bonchev–Trinajstić information content (AvgIpc) is 3.27. The highest BCUT2D eigenvalue weighted by Gasteiger charge is 2.12. The van der Waals surface area contributed by atoms with Crippen LogP contribution in [0.3, 0.4) is 0 Å². The van der Waals surface area contributed by atoms with E-state index in [4.69, 9.17) is 9.15 Å². The molecule has 0 spiro atoms. The molecule has 0 aliphatic carbocycles. The predicted octanol–water partition coefficient (Wildman–Crippen LogP) is 4.43. The lowest BCUT2D eigenvalue weighted by Gasteiger charge is -2.12. The number of amides is 1. The summed E-state index contributed by atoms with van der Waals surface area (Å²) in [4.78, 5) is 16.4. The van der Waals surface area contributed by atoms with Crippen LogP contribution in [0.5, 0.6) is 5.75 Å². The van der Waals surface area contributed by atoms with Crippen molar-refractivity contribution in [1.82, 2.24) is 10.3 Å². The SMILES string of the molecule is COc1cccc(-c2ccc(CNC(=O)c3ccco3)c3cnccc23)c1. The predicted molar refractivity (Wildman–Crippen MR) is 104 cm³/mol. The fraction of sp³-hybridized carbons (Fsp3) is 0.0909. The Hall–Kier alpha value is -3.60. The molecule has 4 rings (SSSR count). The van der Waals surface area contributed by atoms with Crippen LogP contribution < -0.4 is 10.1 Å². The molecule has 27 heavy (non-hydrogen) atoms. The maximum atomic E-state index is 12.1. The second kappa shape index (κ2) is 7.33. The third-order valence-corrected chi connectivity index (χ3v) is 4.47. The molecule has 0 unspecified atom stereocenters. The largest absolute Gasteiger partial charge is 0.497 e. The molecular weight excluding hydrogens is 340 g/mol. The summed E-state index contributed by atoms with van der Waals surface area (Å²) in [6.45, 7) is 0.389. The van der Waals surface area contributed by atoms with Gasteiger partial charge in [-0.15, -0.1) is 0 Å². The molecule has 134 valence electrons. The second-order valence-corrected chi connectivity index (χ2v) is 6.09. The van der Waals surface area contributed by atoms with E-state index < -0.39 is 0 Å². The van der Waals surface area contributed by atoms with Gasteiger partial charge in [0.15, 0.2) is 5.76 Å². The molecule has 0 bridgehead atoms. The van der Waals surface area contributed by atoms with Crippen LogP contribution in [-0.4, -0.2) is 18.0 Å². The van der Waals surface area contributed by atoms with Crippen molar-refractivity contribution in [3.05, 3.63) is 84.6 Å². The molecule has 4 aromatic rings. The number of aromatic nitrogens is 1. The van der Waals surface area contributed by atoms with Gasteiger partial charge in [-0.2, -0.15) is 0 Å². The van der Waals surface area contributed by atoms with Gasteiger partial charge >= 0.3 is 0 Å². The lowest BCUT2D eigenvalue weighted by atomic mass is 9.96. The van der Waals surface area contributed by atoms with E-state index in [1.807, 2.05) is 36.5 Å². The van der Waals surface area contributed by atoms with Gasteiger partial charge in [0.2, 0.25) is 0 Å².